The van der Waals surface area contributed by atoms with E-state index in [1.165, 1.54) is 17.3 Å². The van der Waals surface area contributed by atoms with Crippen LogP contribution in [0.2, 0.25) is 5.02 Å². The molecule has 1 amide bonds. The third-order valence-electron chi connectivity index (χ3n) is 5.70. The van der Waals surface area contributed by atoms with Crippen molar-refractivity contribution in [1.29, 1.82) is 0 Å². The molecule has 0 radical (unpaired) electrons. The fraction of sp³-hybridized carbons (Fsp3) is 0.0800. The van der Waals surface area contributed by atoms with Gasteiger partial charge in [0, 0.05) is 50.8 Å². The minimum absolute atomic E-state index is 0.0222. The minimum atomic E-state index is -0.835. The largest absolute Gasteiger partial charge is 0.507 e. The number of nitrogens with one attached hydrogen (secondary N) is 1. The Morgan fingerprint density at radius 2 is 1.81 bits per heavy atom. The Morgan fingerprint density at radius 1 is 1.06 bits per heavy atom. The first-order valence-corrected chi connectivity index (χ1v) is 10.4. The highest BCUT2D eigenvalue weighted by atomic mass is 35.5. The van der Waals surface area contributed by atoms with E-state index in [1.807, 2.05) is 31.2 Å². The van der Waals surface area contributed by atoms with E-state index >= 15 is 0 Å². The molecule has 1 saturated heterocycles. The molecule has 32 heavy (non-hydrogen) atoms. The average molecular weight is 444 g/mol. The molecule has 1 unspecified atom stereocenters. The number of aliphatic hydroxyl groups is 1. The average Bonchev–Trinajstić information content (AvgIpc) is 3.26. The molecular formula is C25H18ClN3O3. The van der Waals surface area contributed by atoms with Crippen LogP contribution >= 0.6 is 11.6 Å². The molecule has 3 heterocycles. The summed E-state index contributed by atoms with van der Waals surface area (Å²) in [5.41, 5.74) is 3.32. The highest BCUT2D eigenvalue weighted by Crippen LogP contribution is 2.45. The van der Waals surface area contributed by atoms with E-state index in [9.17, 15) is 14.7 Å². The number of nitrogens with zero attached hydrogens (tertiary/aromatic N) is 2. The van der Waals surface area contributed by atoms with Gasteiger partial charge in [0.05, 0.1) is 11.6 Å². The number of rotatable bonds is 3. The number of H-pyrrole nitrogens is 1. The molecule has 1 atom stereocenters. The summed E-state index contributed by atoms with van der Waals surface area (Å²) >= 11 is 6.20. The Kier molecular flexibility index (Phi) is 4.79. The summed E-state index contributed by atoms with van der Waals surface area (Å²) in [7, 11) is 0. The number of aromatic amines is 1. The molecule has 7 heteroatoms. The Hall–Kier alpha value is -3.90. The van der Waals surface area contributed by atoms with Crippen LogP contribution in [0.3, 0.4) is 0 Å². The van der Waals surface area contributed by atoms with E-state index in [4.69, 9.17) is 11.6 Å². The van der Waals surface area contributed by atoms with Crippen molar-refractivity contribution in [2.24, 2.45) is 0 Å². The monoisotopic (exact) mass is 443 g/mol. The van der Waals surface area contributed by atoms with Crippen molar-refractivity contribution in [3.63, 3.8) is 0 Å². The zero-order valence-corrected chi connectivity index (χ0v) is 17.8. The number of amides is 1. The van der Waals surface area contributed by atoms with Crippen LogP contribution in [0.15, 0.2) is 78.6 Å². The number of aromatic nitrogens is 2. The zero-order valence-electron chi connectivity index (χ0n) is 17.0. The molecule has 0 bridgehead atoms. The molecule has 1 aliphatic rings. The van der Waals surface area contributed by atoms with E-state index in [0.29, 0.717) is 16.3 Å². The summed E-state index contributed by atoms with van der Waals surface area (Å²) in [6, 6.07) is 16.8. The van der Waals surface area contributed by atoms with Gasteiger partial charge >= 0.3 is 0 Å². The Balaban J connectivity index is 1.83. The van der Waals surface area contributed by atoms with Crippen LogP contribution in [0, 0.1) is 6.92 Å². The normalized spacial score (nSPS) is 17.9. The molecule has 0 saturated carbocycles. The summed E-state index contributed by atoms with van der Waals surface area (Å²) in [5.74, 6) is -1.73. The molecule has 4 aromatic rings. The van der Waals surface area contributed by atoms with Crippen molar-refractivity contribution in [2.75, 3.05) is 4.90 Å². The van der Waals surface area contributed by atoms with E-state index < -0.39 is 17.7 Å². The zero-order chi connectivity index (χ0) is 22.4. The highest BCUT2D eigenvalue weighted by molar-refractivity contribution is 6.52. The van der Waals surface area contributed by atoms with Gasteiger partial charge in [0.1, 0.15) is 5.76 Å². The van der Waals surface area contributed by atoms with Crippen LogP contribution in [0.25, 0.3) is 16.7 Å². The van der Waals surface area contributed by atoms with Crippen LogP contribution in [0.5, 0.6) is 0 Å². The molecule has 2 N–H and O–H groups in total. The number of anilines is 1. The van der Waals surface area contributed by atoms with Crippen LogP contribution in [0.4, 0.5) is 5.69 Å². The number of carbonyl (C=O) groups is 2. The number of aliphatic hydroxyl groups excluding tert-OH is 1. The van der Waals surface area contributed by atoms with Gasteiger partial charge in [0.25, 0.3) is 11.7 Å². The van der Waals surface area contributed by atoms with Crippen molar-refractivity contribution in [2.45, 2.75) is 13.0 Å². The number of Topliss-reactive ketones (excluding diaryl/α,β-unsaturated/α-hetero) is 1. The number of para-hydroxylation sites is 1. The van der Waals surface area contributed by atoms with Crippen LogP contribution < -0.4 is 4.90 Å². The molecule has 1 aliphatic heterocycles. The van der Waals surface area contributed by atoms with Gasteiger partial charge < -0.3 is 10.1 Å². The molecule has 0 spiro atoms. The van der Waals surface area contributed by atoms with Crippen molar-refractivity contribution in [3.8, 4) is 0 Å². The van der Waals surface area contributed by atoms with Crippen LogP contribution in [0.1, 0.15) is 22.9 Å². The Bertz CT molecular complexity index is 1410. The number of halogens is 1. The minimum Gasteiger partial charge on any atom is -0.507 e. The van der Waals surface area contributed by atoms with Crippen molar-refractivity contribution in [3.05, 3.63) is 100 Å². The van der Waals surface area contributed by atoms with Gasteiger partial charge in [-0.05, 0) is 43.3 Å². The van der Waals surface area contributed by atoms with Gasteiger partial charge in [0.15, 0.2) is 0 Å². The second-order valence-electron chi connectivity index (χ2n) is 7.59. The first kappa shape index (κ1) is 20.0. The SMILES string of the molecule is Cc1[nH]c2ccccc2c1C1/C(=C(\O)c2ccncc2)C(=O)C(=O)N1c1cccc(Cl)c1. The maximum absolute atomic E-state index is 13.3. The maximum atomic E-state index is 13.3. The van der Waals surface area contributed by atoms with Gasteiger partial charge in [-0.25, -0.2) is 0 Å². The number of pyridine rings is 1. The maximum Gasteiger partial charge on any atom is 0.300 e. The smallest absolute Gasteiger partial charge is 0.300 e. The van der Waals surface area contributed by atoms with Gasteiger partial charge in [-0.3, -0.25) is 19.5 Å². The van der Waals surface area contributed by atoms with E-state index in [1.54, 1.807) is 36.4 Å². The third kappa shape index (κ3) is 3.08. The lowest BCUT2D eigenvalue weighted by atomic mass is 9.93. The van der Waals surface area contributed by atoms with E-state index in [-0.39, 0.29) is 11.3 Å². The van der Waals surface area contributed by atoms with E-state index in [0.717, 1.165) is 22.2 Å². The molecular weight excluding hydrogens is 426 g/mol. The number of aryl methyl sites for hydroxylation is 1. The van der Waals surface area contributed by atoms with Crippen LogP contribution in [-0.4, -0.2) is 26.8 Å². The van der Waals surface area contributed by atoms with Gasteiger partial charge in [-0.2, -0.15) is 0 Å². The number of ketones is 1. The molecule has 1 fully saturated rings. The quantitative estimate of drug-likeness (QED) is 0.260. The number of hydrogen-bond donors (Lipinski definition) is 2. The number of fused-ring (bicyclic) bond motifs is 1. The molecule has 158 valence electrons. The first-order valence-electron chi connectivity index (χ1n) is 10.0. The molecule has 5 rings (SSSR count). The first-order chi connectivity index (χ1) is 15.5. The fourth-order valence-electron chi connectivity index (χ4n) is 4.31. The lowest BCUT2D eigenvalue weighted by Gasteiger charge is -2.26. The predicted octanol–water partition coefficient (Wildman–Crippen LogP) is 5.15. The van der Waals surface area contributed by atoms with E-state index in [2.05, 4.69) is 9.97 Å². The summed E-state index contributed by atoms with van der Waals surface area (Å²) in [5, 5.41) is 12.5. The standard InChI is InChI=1S/C25H18ClN3O3/c1-14-20(18-7-2-3-8-19(18)28-14)22-21(23(30)15-9-11-27-12-10-15)24(31)25(32)29(22)17-6-4-5-16(26)13-17/h2-13,22,28,30H,1H3/b23-21+. The highest BCUT2D eigenvalue weighted by Gasteiger charge is 2.48. The second kappa shape index (κ2) is 7.66. The Labute approximate surface area is 188 Å². The summed E-state index contributed by atoms with van der Waals surface area (Å²) in [4.78, 5) is 35.3. The summed E-state index contributed by atoms with van der Waals surface area (Å²) in [6.45, 7) is 1.89. The lowest BCUT2D eigenvalue weighted by Crippen LogP contribution is -2.29. The third-order valence-corrected chi connectivity index (χ3v) is 5.94. The lowest BCUT2D eigenvalue weighted by molar-refractivity contribution is -0.132. The summed E-state index contributed by atoms with van der Waals surface area (Å²) in [6.07, 6.45) is 3.04. The molecule has 2 aromatic heterocycles. The molecule has 2 aromatic carbocycles. The molecule has 6 nitrogen and oxygen atoms in total. The van der Waals surface area contributed by atoms with Gasteiger partial charge in [0.2, 0.25) is 0 Å². The van der Waals surface area contributed by atoms with Gasteiger partial charge in [-0.1, -0.05) is 35.9 Å². The Morgan fingerprint density at radius 3 is 2.56 bits per heavy atom. The number of carbonyl (C=O) groups excluding carboxylic acids is 2. The predicted molar refractivity (Wildman–Crippen MR) is 124 cm³/mol. The van der Waals surface area contributed by atoms with Crippen molar-refractivity contribution >= 4 is 45.6 Å². The van der Waals surface area contributed by atoms with Crippen LogP contribution in [-0.2, 0) is 9.59 Å². The topological polar surface area (TPSA) is 86.3 Å². The number of hydrogen-bond acceptors (Lipinski definition) is 4. The van der Waals surface area contributed by atoms with Gasteiger partial charge in [-0.15, -0.1) is 0 Å². The fourth-order valence-corrected chi connectivity index (χ4v) is 4.50. The van der Waals surface area contributed by atoms with Crippen molar-refractivity contribution in [1.82, 2.24) is 9.97 Å². The second-order valence-corrected chi connectivity index (χ2v) is 8.03. The summed E-state index contributed by atoms with van der Waals surface area (Å²) < 4.78 is 0. The number of benzene rings is 2. The van der Waals surface area contributed by atoms with Crippen molar-refractivity contribution < 1.29 is 14.7 Å². The molecule has 0 aliphatic carbocycles.